The Morgan fingerprint density at radius 3 is 2.60 bits per heavy atom. The number of nitrogens with zero attached hydrogens (tertiary/aromatic N) is 2. The Balaban J connectivity index is 1.77. The standard InChI is InChI=1S/C21H19N3O/c1-15(12-13-17-8-4-3-5-9-17)23-24-21(25)19-14-16(2)22-20-11-7-6-10-18(19)20/h3-14H,1-2H3,(H,24,25)/b13-12+,23-15+. The van der Waals surface area contributed by atoms with Gasteiger partial charge in [0.1, 0.15) is 0 Å². The summed E-state index contributed by atoms with van der Waals surface area (Å²) in [6.07, 6.45) is 3.82. The van der Waals surface area contributed by atoms with E-state index in [2.05, 4.69) is 15.5 Å². The first-order valence-electron chi connectivity index (χ1n) is 8.07. The van der Waals surface area contributed by atoms with Crippen LogP contribution in [0.1, 0.15) is 28.5 Å². The van der Waals surface area contributed by atoms with Crippen molar-refractivity contribution >= 4 is 28.6 Å². The molecule has 0 unspecified atom stereocenters. The number of aryl methyl sites for hydroxylation is 1. The molecule has 2 aromatic carbocycles. The second-order valence-corrected chi connectivity index (χ2v) is 5.77. The van der Waals surface area contributed by atoms with Crippen molar-refractivity contribution in [3.8, 4) is 0 Å². The zero-order chi connectivity index (χ0) is 17.6. The summed E-state index contributed by atoms with van der Waals surface area (Å²) in [7, 11) is 0. The summed E-state index contributed by atoms with van der Waals surface area (Å²) < 4.78 is 0. The molecule has 0 aliphatic rings. The summed E-state index contributed by atoms with van der Waals surface area (Å²) in [6, 6.07) is 19.3. The highest BCUT2D eigenvalue weighted by Gasteiger charge is 2.11. The van der Waals surface area contributed by atoms with Gasteiger partial charge in [-0.2, -0.15) is 5.10 Å². The molecule has 0 bridgehead atoms. The molecule has 0 radical (unpaired) electrons. The molecule has 1 N–H and O–H groups in total. The fraction of sp³-hybridized carbons (Fsp3) is 0.0952. The van der Waals surface area contributed by atoms with Crippen molar-refractivity contribution in [3.63, 3.8) is 0 Å². The highest BCUT2D eigenvalue weighted by Crippen LogP contribution is 2.18. The van der Waals surface area contributed by atoms with E-state index in [-0.39, 0.29) is 5.91 Å². The Morgan fingerprint density at radius 2 is 1.80 bits per heavy atom. The van der Waals surface area contributed by atoms with Crippen molar-refractivity contribution in [2.24, 2.45) is 5.10 Å². The van der Waals surface area contributed by atoms with Gasteiger partial charge in [-0.1, -0.05) is 54.6 Å². The largest absolute Gasteiger partial charge is 0.272 e. The number of amides is 1. The second kappa shape index (κ2) is 7.53. The number of allylic oxidation sites excluding steroid dienone is 1. The van der Waals surface area contributed by atoms with Crippen LogP contribution in [0.3, 0.4) is 0 Å². The molecule has 124 valence electrons. The topological polar surface area (TPSA) is 54.4 Å². The number of rotatable bonds is 4. The molecule has 1 amide bonds. The lowest BCUT2D eigenvalue weighted by Gasteiger charge is -2.06. The van der Waals surface area contributed by atoms with Gasteiger partial charge in [-0.3, -0.25) is 9.78 Å². The van der Waals surface area contributed by atoms with Crippen LogP contribution in [0.4, 0.5) is 0 Å². The number of carbonyl (C=O) groups excluding carboxylic acids is 1. The molecule has 1 aromatic heterocycles. The van der Waals surface area contributed by atoms with Crippen molar-refractivity contribution in [1.29, 1.82) is 0 Å². The van der Waals surface area contributed by atoms with Crippen LogP contribution in [-0.2, 0) is 0 Å². The molecule has 0 atom stereocenters. The van der Waals surface area contributed by atoms with E-state index in [1.165, 1.54) is 0 Å². The normalized spacial score (nSPS) is 11.8. The van der Waals surface area contributed by atoms with Gasteiger partial charge in [0.25, 0.3) is 5.91 Å². The van der Waals surface area contributed by atoms with E-state index in [0.717, 1.165) is 22.2 Å². The van der Waals surface area contributed by atoms with Gasteiger partial charge in [0.2, 0.25) is 0 Å². The molecule has 0 aliphatic carbocycles. The predicted molar refractivity (Wildman–Crippen MR) is 103 cm³/mol. The van der Waals surface area contributed by atoms with Crippen LogP contribution >= 0.6 is 0 Å². The molecule has 0 aliphatic heterocycles. The van der Waals surface area contributed by atoms with Crippen LogP contribution in [0.5, 0.6) is 0 Å². The Kier molecular flexibility index (Phi) is 5.00. The van der Waals surface area contributed by atoms with E-state index >= 15 is 0 Å². The third-order valence-electron chi connectivity index (χ3n) is 3.74. The molecule has 0 spiro atoms. The number of carbonyl (C=O) groups is 1. The monoisotopic (exact) mass is 329 g/mol. The molecule has 4 heteroatoms. The highest BCUT2D eigenvalue weighted by molar-refractivity contribution is 6.07. The van der Waals surface area contributed by atoms with Crippen molar-refractivity contribution in [1.82, 2.24) is 10.4 Å². The van der Waals surface area contributed by atoms with Crippen molar-refractivity contribution in [3.05, 3.63) is 83.6 Å². The smallest absolute Gasteiger partial charge is 0.267 e. The number of aromatic nitrogens is 1. The molecule has 25 heavy (non-hydrogen) atoms. The molecule has 1 heterocycles. The lowest BCUT2D eigenvalue weighted by molar-refractivity contribution is 0.0956. The van der Waals surface area contributed by atoms with Crippen LogP contribution in [0.25, 0.3) is 17.0 Å². The fourth-order valence-corrected chi connectivity index (χ4v) is 2.51. The number of hydrogen-bond donors (Lipinski definition) is 1. The van der Waals surface area contributed by atoms with Crippen molar-refractivity contribution in [2.45, 2.75) is 13.8 Å². The first-order valence-corrected chi connectivity index (χ1v) is 8.07. The maximum Gasteiger partial charge on any atom is 0.272 e. The summed E-state index contributed by atoms with van der Waals surface area (Å²) in [6.45, 7) is 3.72. The van der Waals surface area contributed by atoms with Gasteiger partial charge in [0, 0.05) is 11.1 Å². The molecule has 3 aromatic rings. The van der Waals surface area contributed by atoms with Crippen molar-refractivity contribution < 1.29 is 4.79 Å². The number of hydrogen-bond acceptors (Lipinski definition) is 3. The van der Waals surface area contributed by atoms with Crippen LogP contribution in [0.15, 0.2) is 71.8 Å². The average Bonchev–Trinajstić information content (AvgIpc) is 2.64. The second-order valence-electron chi connectivity index (χ2n) is 5.77. The van der Waals surface area contributed by atoms with Gasteiger partial charge in [-0.25, -0.2) is 5.43 Å². The first kappa shape index (κ1) is 16.6. The molecule has 0 saturated heterocycles. The highest BCUT2D eigenvalue weighted by atomic mass is 16.2. The lowest BCUT2D eigenvalue weighted by Crippen LogP contribution is -2.19. The number of fused-ring (bicyclic) bond motifs is 1. The SMILES string of the molecule is CC(/C=C/c1ccccc1)=N\NC(=O)c1cc(C)nc2ccccc12. The third-order valence-corrected chi connectivity index (χ3v) is 3.74. The van der Waals surface area contributed by atoms with Gasteiger partial charge in [0.05, 0.1) is 16.8 Å². The Hall–Kier alpha value is -3.27. The predicted octanol–water partition coefficient (Wildman–Crippen LogP) is 4.36. The Morgan fingerprint density at radius 1 is 1.08 bits per heavy atom. The minimum Gasteiger partial charge on any atom is -0.267 e. The van der Waals surface area contributed by atoms with Crippen LogP contribution in [0.2, 0.25) is 0 Å². The number of pyridine rings is 1. The third kappa shape index (κ3) is 4.18. The number of hydrazone groups is 1. The maximum atomic E-state index is 12.5. The summed E-state index contributed by atoms with van der Waals surface area (Å²) >= 11 is 0. The Labute approximate surface area is 146 Å². The minimum absolute atomic E-state index is 0.242. The average molecular weight is 329 g/mol. The molecule has 4 nitrogen and oxygen atoms in total. The molecule has 3 rings (SSSR count). The van der Waals surface area contributed by atoms with E-state index in [9.17, 15) is 4.79 Å². The van der Waals surface area contributed by atoms with Gasteiger partial charge >= 0.3 is 0 Å². The number of para-hydroxylation sites is 1. The lowest BCUT2D eigenvalue weighted by atomic mass is 10.1. The van der Waals surface area contributed by atoms with E-state index < -0.39 is 0 Å². The van der Waals surface area contributed by atoms with Crippen LogP contribution in [0, 0.1) is 6.92 Å². The van der Waals surface area contributed by atoms with Gasteiger partial charge < -0.3 is 0 Å². The summed E-state index contributed by atoms with van der Waals surface area (Å²) in [5, 5.41) is 4.98. The summed E-state index contributed by atoms with van der Waals surface area (Å²) in [5.41, 5.74) is 6.60. The van der Waals surface area contributed by atoms with E-state index in [1.807, 2.05) is 80.6 Å². The summed E-state index contributed by atoms with van der Waals surface area (Å²) in [4.78, 5) is 17.0. The van der Waals surface area contributed by atoms with Gasteiger partial charge in [-0.15, -0.1) is 0 Å². The zero-order valence-corrected chi connectivity index (χ0v) is 14.2. The van der Waals surface area contributed by atoms with E-state index in [1.54, 1.807) is 6.07 Å². The van der Waals surface area contributed by atoms with Gasteiger partial charge in [-0.05, 0) is 37.6 Å². The van der Waals surface area contributed by atoms with Crippen LogP contribution in [-0.4, -0.2) is 16.6 Å². The Bertz CT molecular complexity index is 959. The van der Waals surface area contributed by atoms with E-state index in [0.29, 0.717) is 11.3 Å². The molecule has 0 saturated carbocycles. The fourth-order valence-electron chi connectivity index (χ4n) is 2.51. The van der Waals surface area contributed by atoms with Gasteiger partial charge in [0.15, 0.2) is 0 Å². The quantitative estimate of drug-likeness (QED) is 0.571. The number of benzene rings is 2. The van der Waals surface area contributed by atoms with Crippen LogP contribution < -0.4 is 5.43 Å². The van der Waals surface area contributed by atoms with Crippen molar-refractivity contribution in [2.75, 3.05) is 0 Å². The minimum atomic E-state index is -0.242. The molecular weight excluding hydrogens is 310 g/mol. The first-order chi connectivity index (χ1) is 12.1. The maximum absolute atomic E-state index is 12.5. The van der Waals surface area contributed by atoms with E-state index in [4.69, 9.17) is 0 Å². The molecular formula is C21H19N3O. The zero-order valence-electron chi connectivity index (χ0n) is 14.2. The number of nitrogens with one attached hydrogen (secondary N) is 1. The molecule has 0 fully saturated rings. The summed E-state index contributed by atoms with van der Waals surface area (Å²) in [5.74, 6) is -0.242.